The summed E-state index contributed by atoms with van der Waals surface area (Å²) >= 11 is 0. The number of nitrogens with zero attached hydrogens (tertiary/aromatic N) is 2. The standard InChI is InChI=1S/C9H14N2/c1-5-8(11-4)9(3,6-2)7-10/h5H,4,6H2,1-3H3/b8-5-. The van der Waals surface area contributed by atoms with Crippen molar-refractivity contribution in [2.75, 3.05) is 0 Å². The highest BCUT2D eigenvalue weighted by Crippen LogP contribution is 2.29. The van der Waals surface area contributed by atoms with Crippen molar-refractivity contribution >= 4 is 6.72 Å². The largest absolute Gasteiger partial charge is 0.268 e. The maximum Gasteiger partial charge on any atom is 0.0958 e. The Morgan fingerprint density at radius 2 is 2.36 bits per heavy atom. The van der Waals surface area contributed by atoms with E-state index >= 15 is 0 Å². The van der Waals surface area contributed by atoms with Crippen LogP contribution in [-0.2, 0) is 0 Å². The lowest BCUT2D eigenvalue weighted by Gasteiger charge is -2.18. The molecule has 0 rings (SSSR count). The fourth-order valence-corrected chi connectivity index (χ4v) is 0.902. The Morgan fingerprint density at radius 3 is 2.45 bits per heavy atom. The first-order valence-corrected chi connectivity index (χ1v) is 3.69. The van der Waals surface area contributed by atoms with E-state index in [0.29, 0.717) is 0 Å². The van der Waals surface area contributed by atoms with Crippen LogP contribution in [0.25, 0.3) is 0 Å². The summed E-state index contributed by atoms with van der Waals surface area (Å²) in [6.45, 7) is 9.14. The molecule has 0 aromatic carbocycles. The van der Waals surface area contributed by atoms with Crippen LogP contribution in [0.5, 0.6) is 0 Å². The average molecular weight is 150 g/mol. The number of hydrogen-bond acceptors (Lipinski definition) is 2. The van der Waals surface area contributed by atoms with Gasteiger partial charge in [0.1, 0.15) is 0 Å². The molecule has 2 nitrogen and oxygen atoms in total. The summed E-state index contributed by atoms with van der Waals surface area (Å²) in [6, 6.07) is 2.23. The molecular weight excluding hydrogens is 136 g/mol. The van der Waals surface area contributed by atoms with Crippen molar-refractivity contribution in [3.63, 3.8) is 0 Å². The smallest absolute Gasteiger partial charge is 0.0958 e. The lowest BCUT2D eigenvalue weighted by atomic mass is 9.85. The Balaban J connectivity index is 4.79. The molecule has 0 fully saturated rings. The highest BCUT2D eigenvalue weighted by Gasteiger charge is 2.25. The van der Waals surface area contributed by atoms with Crippen LogP contribution >= 0.6 is 0 Å². The van der Waals surface area contributed by atoms with Gasteiger partial charge in [0.2, 0.25) is 0 Å². The molecule has 11 heavy (non-hydrogen) atoms. The summed E-state index contributed by atoms with van der Waals surface area (Å²) in [5.41, 5.74) is 0.304. The van der Waals surface area contributed by atoms with Crippen LogP contribution in [0, 0.1) is 16.7 Å². The van der Waals surface area contributed by atoms with Gasteiger partial charge in [-0.1, -0.05) is 13.0 Å². The lowest BCUT2D eigenvalue weighted by Crippen LogP contribution is -2.14. The summed E-state index contributed by atoms with van der Waals surface area (Å²) in [4.78, 5) is 3.81. The molecular formula is C9H14N2. The number of aliphatic imine (C=N–C) groups is 1. The molecule has 0 aliphatic rings. The summed E-state index contributed by atoms with van der Waals surface area (Å²) in [6.07, 6.45) is 2.60. The van der Waals surface area contributed by atoms with Gasteiger partial charge in [-0.2, -0.15) is 5.26 Å². The predicted molar refractivity (Wildman–Crippen MR) is 47.3 cm³/mol. The molecule has 0 aromatic rings. The SMILES string of the molecule is C=N/C(=C\C)C(C)(C#N)CC. The zero-order valence-electron chi connectivity index (χ0n) is 7.39. The van der Waals surface area contributed by atoms with Gasteiger partial charge in [0.15, 0.2) is 0 Å². The lowest BCUT2D eigenvalue weighted by molar-refractivity contribution is 0.504. The normalized spacial score (nSPS) is 16.7. The van der Waals surface area contributed by atoms with E-state index in [2.05, 4.69) is 17.8 Å². The predicted octanol–water partition coefficient (Wildman–Crippen LogP) is 2.53. The van der Waals surface area contributed by atoms with E-state index in [1.165, 1.54) is 0 Å². The van der Waals surface area contributed by atoms with E-state index in [9.17, 15) is 0 Å². The number of allylic oxidation sites excluding steroid dienone is 2. The molecule has 0 N–H and O–H groups in total. The van der Waals surface area contributed by atoms with Gasteiger partial charge in [-0.05, 0) is 27.0 Å². The van der Waals surface area contributed by atoms with Crippen LogP contribution in [0.1, 0.15) is 27.2 Å². The molecule has 1 atom stereocenters. The van der Waals surface area contributed by atoms with Crippen molar-refractivity contribution in [3.8, 4) is 6.07 Å². The number of hydrogen-bond donors (Lipinski definition) is 0. The Labute approximate surface area is 68.3 Å². The van der Waals surface area contributed by atoms with Crippen LogP contribution in [0.15, 0.2) is 16.8 Å². The maximum atomic E-state index is 8.84. The number of rotatable bonds is 3. The zero-order valence-corrected chi connectivity index (χ0v) is 7.39. The van der Waals surface area contributed by atoms with Crippen molar-refractivity contribution in [2.24, 2.45) is 10.4 Å². The van der Waals surface area contributed by atoms with E-state index in [1.807, 2.05) is 26.8 Å². The molecule has 0 saturated heterocycles. The van der Waals surface area contributed by atoms with Crippen LogP contribution < -0.4 is 0 Å². The molecule has 0 heterocycles. The van der Waals surface area contributed by atoms with Gasteiger partial charge in [0.05, 0.1) is 17.2 Å². The highest BCUT2D eigenvalue weighted by atomic mass is 14.7. The minimum absolute atomic E-state index is 0.462. The third-order valence-electron chi connectivity index (χ3n) is 1.96. The molecule has 1 unspecified atom stereocenters. The molecule has 0 aliphatic carbocycles. The van der Waals surface area contributed by atoms with Gasteiger partial charge in [0.25, 0.3) is 0 Å². The zero-order chi connectivity index (χ0) is 8.91. The van der Waals surface area contributed by atoms with E-state index in [1.54, 1.807) is 0 Å². The van der Waals surface area contributed by atoms with Crippen LogP contribution in [-0.4, -0.2) is 6.72 Å². The van der Waals surface area contributed by atoms with Crippen molar-refractivity contribution in [1.82, 2.24) is 0 Å². The summed E-state index contributed by atoms with van der Waals surface area (Å²) < 4.78 is 0. The van der Waals surface area contributed by atoms with Crippen LogP contribution in [0.3, 0.4) is 0 Å². The first kappa shape index (κ1) is 9.90. The van der Waals surface area contributed by atoms with Crippen molar-refractivity contribution in [1.29, 1.82) is 5.26 Å². The van der Waals surface area contributed by atoms with Gasteiger partial charge < -0.3 is 0 Å². The maximum absolute atomic E-state index is 8.84. The monoisotopic (exact) mass is 150 g/mol. The van der Waals surface area contributed by atoms with E-state index in [-0.39, 0.29) is 0 Å². The third-order valence-corrected chi connectivity index (χ3v) is 1.96. The molecule has 0 amide bonds. The molecule has 0 aromatic heterocycles. The molecule has 0 aliphatic heterocycles. The van der Waals surface area contributed by atoms with Crippen molar-refractivity contribution in [2.45, 2.75) is 27.2 Å². The Kier molecular flexibility index (Phi) is 3.53. The quantitative estimate of drug-likeness (QED) is 0.569. The summed E-state index contributed by atoms with van der Waals surface area (Å²) in [5.74, 6) is 0. The molecule has 0 bridgehead atoms. The molecule has 2 heteroatoms. The topological polar surface area (TPSA) is 36.1 Å². The van der Waals surface area contributed by atoms with Gasteiger partial charge in [0, 0.05) is 0 Å². The van der Waals surface area contributed by atoms with Crippen molar-refractivity contribution < 1.29 is 0 Å². The third kappa shape index (κ3) is 1.91. The Hall–Kier alpha value is -1.10. The van der Waals surface area contributed by atoms with Gasteiger partial charge in [-0.3, -0.25) is 4.99 Å². The minimum atomic E-state index is -0.462. The van der Waals surface area contributed by atoms with Gasteiger partial charge in [-0.15, -0.1) is 0 Å². The van der Waals surface area contributed by atoms with E-state index in [4.69, 9.17) is 5.26 Å². The second-order valence-electron chi connectivity index (χ2n) is 2.63. The fourth-order valence-electron chi connectivity index (χ4n) is 0.902. The summed E-state index contributed by atoms with van der Waals surface area (Å²) in [5, 5.41) is 8.84. The molecule has 0 spiro atoms. The average Bonchev–Trinajstić information content (AvgIpc) is 2.06. The van der Waals surface area contributed by atoms with Crippen molar-refractivity contribution in [3.05, 3.63) is 11.8 Å². The molecule has 60 valence electrons. The number of nitriles is 1. The van der Waals surface area contributed by atoms with Crippen LogP contribution in [0.4, 0.5) is 0 Å². The Morgan fingerprint density at radius 1 is 1.82 bits per heavy atom. The molecule has 0 radical (unpaired) electrons. The second-order valence-corrected chi connectivity index (χ2v) is 2.63. The van der Waals surface area contributed by atoms with Gasteiger partial charge in [-0.25, -0.2) is 0 Å². The van der Waals surface area contributed by atoms with Crippen LogP contribution in [0.2, 0.25) is 0 Å². The highest BCUT2D eigenvalue weighted by molar-refractivity contribution is 5.33. The van der Waals surface area contributed by atoms with E-state index < -0.39 is 5.41 Å². The second kappa shape index (κ2) is 3.92. The first-order valence-electron chi connectivity index (χ1n) is 3.69. The fraction of sp³-hybridized carbons (Fsp3) is 0.556. The Bertz CT molecular complexity index is 210. The van der Waals surface area contributed by atoms with E-state index in [0.717, 1.165) is 12.1 Å². The van der Waals surface area contributed by atoms with Gasteiger partial charge >= 0.3 is 0 Å². The summed E-state index contributed by atoms with van der Waals surface area (Å²) in [7, 11) is 0. The first-order chi connectivity index (χ1) is 5.14. The minimum Gasteiger partial charge on any atom is -0.268 e. The molecule has 0 saturated carbocycles.